The second kappa shape index (κ2) is 11.5. The molecule has 0 atom stereocenters. The molecule has 8 heteroatoms. The molecule has 184 valence electrons. The molecule has 1 heterocycles. The highest BCUT2D eigenvalue weighted by molar-refractivity contribution is 7.80. The number of carbonyl (C=O) groups excluding carboxylic acids is 1. The number of thiocarbonyl (C=S) groups is 1. The fraction of sp³-hybridized carbons (Fsp3) is 0.179. The van der Waals surface area contributed by atoms with Crippen LogP contribution < -0.4 is 14.2 Å². The predicted octanol–water partition coefficient (Wildman–Crippen LogP) is 6.95. The van der Waals surface area contributed by atoms with Crippen LogP contribution in [0.15, 0.2) is 66.9 Å². The summed E-state index contributed by atoms with van der Waals surface area (Å²) in [6.07, 6.45) is 2.14. The summed E-state index contributed by atoms with van der Waals surface area (Å²) in [5, 5.41) is 1.14. The van der Waals surface area contributed by atoms with E-state index >= 15 is 0 Å². The Morgan fingerprint density at radius 2 is 1.69 bits per heavy atom. The van der Waals surface area contributed by atoms with Gasteiger partial charge in [-0.1, -0.05) is 48.1 Å². The summed E-state index contributed by atoms with van der Waals surface area (Å²) in [4.78, 5) is 17.3. The molecule has 36 heavy (non-hydrogen) atoms. The number of carbonyl (C=O) groups is 1. The highest BCUT2D eigenvalue weighted by atomic mass is 35.5. The van der Waals surface area contributed by atoms with Crippen molar-refractivity contribution >= 4 is 45.4 Å². The minimum Gasteiger partial charge on any atom is -0.493 e. The maximum Gasteiger partial charge on any atom is 0.162 e. The van der Waals surface area contributed by atoms with E-state index in [4.69, 9.17) is 38.0 Å². The molecule has 0 bridgehead atoms. The van der Waals surface area contributed by atoms with Gasteiger partial charge in [0.25, 0.3) is 0 Å². The largest absolute Gasteiger partial charge is 0.493 e. The highest BCUT2D eigenvalue weighted by Gasteiger charge is 2.14. The fourth-order valence-corrected chi connectivity index (χ4v) is 4.39. The zero-order valence-corrected chi connectivity index (χ0v) is 21.3. The van der Waals surface area contributed by atoms with Gasteiger partial charge in [0, 0.05) is 41.8 Å². The molecule has 5 nitrogen and oxygen atoms in total. The highest BCUT2D eigenvalue weighted by Crippen LogP contribution is 2.38. The van der Waals surface area contributed by atoms with E-state index in [1.165, 1.54) is 6.07 Å². The van der Waals surface area contributed by atoms with Crippen LogP contribution in [0.5, 0.6) is 23.0 Å². The number of pyridine rings is 1. The van der Waals surface area contributed by atoms with Crippen molar-refractivity contribution in [1.29, 1.82) is 0 Å². The Hall–Kier alpha value is -3.55. The third kappa shape index (κ3) is 5.98. The van der Waals surface area contributed by atoms with Crippen molar-refractivity contribution < 1.29 is 23.4 Å². The molecule has 4 aromatic rings. The Morgan fingerprint density at radius 1 is 0.944 bits per heavy atom. The third-order valence-electron chi connectivity index (χ3n) is 5.56. The van der Waals surface area contributed by atoms with Crippen molar-refractivity contribution in [2.75, 3.05) is 14.2 Å². The van der Waals surface area contributed by atoms with Crippen LogP contribution in [-0.4, -0.2) is 29.9 Å². The lowest BCUT2D eigenvalue weighted by Crippen LogP contribution is -2.11. The summed E-state index contributed by atoms with van der Waals surface area (Å²) in [6, 6.07) is 16.9. The van der Waals surface area contributed by atoms with Gasteiger partial charge in [0.05, 0.1) is 24.8 Å². The summed E-state index contributed by atoms with van der Waals surface area (Å²) < 4.78 is 30.7. The number of halogens is 2. The molecule has 0 N–H and O–H groups in total. The molecule has 0 fully saturated rings. The molecular formula is C28H23ClFNO4S. The van der Waals surface area contributed by atoms with Crippen molar-refractivity contribution in [1.82, 2.24) is 4.98 Å². The van der Waals surface area contributed by atoms with Gasteiger partial charge in [-0.2, -0.15) is 0 Å². The van der Waals surface area contributed by atoms with E-state index in [0.29, 0.717) is 50.4 Å². The van der Waals surface area contributed by atoms with Gasteiger partial charge in [-0.15, -0.1) is 0 Å². The summed E-state index contributed by atoms with van der Waals surface area (Å²) in [6.45, 7) is 0. The molecular weight excluding hydrogens is 501 g/mol. The van der Waals surface area contributed by atoms with E-state index in [1.54, 1.807) is 68.9 Å². The van der Waals surface area contributed by atoms with Crippen molar-refractivity contribution in [3.63, 3.8) is 0 Å². The van der Waals surface area contributed by atoms with Gasteiger partial charge in [-0.3, -0.25) is 9.78 Å². The van der Waals surface area contributed by atoms with Gasteiger partial charge < -0.3 is 14.2 Å². The quantitative estimate of drug-likeness (QED) is 0.210. The Bertz CT molecular complexity index is 1440. The van der Waals surface area contributed by atoms with E-state index in [-0.39, 0.29) is 18.6 Å². The number of nitrogens with zero attached hydrogens (tertiary/aromatic N) is 1. The van der Waals surface area contributed by atoms with E-state index < -0.39 is 5.82 Å². The van der Waals surface area contributed by atoms with Crippen LogP contribution in [0, 0.1) is 5.82 Å². The lowest BCUT2D eigenvalue weighted by atomic mass is 10.0. The summed E-state index contributed by atoms with van der Waals surface area (Å²) in [7, 11) is 3.13. The lowest BCUT2D eigenvalue weighted by molar-refractivity contribution is -0.117. The van der Waals surface area contributed by atoms with Crippen molar-refractivity contribution in [3.8, 4) is 23.0 Å². The molecule has 0 radical (unpaired) electrons. The maximum atomic E-state index is 13.8. The van der Waals surface area contributed by atoms with Crippen LogP contribution in [0.3, 0.4) is 0 Å². The Balaban J connectivity index is 1.45. The van der Waals surface area contributed by atoms with Gasteiger partial charge in [0.2, 0.25) is 0 Å². The van der Waals surface area contributed by atoms with Crippen LogP contribution in [-0.2, 0) is 17.6 Å². The maximum absolute atomic E-state index is 13.8. The van der Waals surface area contributed by atoms with E-state index in [1.807, 2.05) is 6.07 Å². The van der Waals surface area contributed by atoms with Crippen LogP contribution in [0.4, 0.5) is 4.39 Å². The molecule has 0 unspecified atom stereocenters. The molecule has 0 saturated carbocycles. The van der Waals surface area contributed by atoms with Crippen LogP contribution in [0.2, 0.25) is 5.02 Å². The van der Waals surface area contributed by atoms with Gasteiger partial charge in [0.1, 0.15) is 23.1 Å². The third-order valence-corrected chi connectivity index (χ3v) is 6.15. The SMILES string of the molecule is COc1cc2nccc(Oc3ccc(CC(=S)CC(=O)Cc4ccccc4F)cc3Cl)c2cc1OC. The van der Waals surface area contributed by atoms with Gasteiger partial charge in [-0.05, 0) is 41.5 Å². The van der Waals surface area contributed by atoms with E-state index in [9.17, 15) is 9.18 Å². The number of Topliss-reactive ketones (excluding diaryl/α,β-unsaturated/α-hetero) is 1. The number of hydrogen-bond acceptors (Lipinski definition) is 6. The first-order valence-electron chi connectivity index (χ1n) is 11.1. The van der Waals surface area contributed by atoms with Crippen molar-refractivity contribution in [2.45, 2.75) is 19.3 Å². The minimum atomic E-state index is -0.390. The number of hydrogen-bond donors (Lipinski definition) is 0. The zero-order valence-electron chi connectivity index (χ0n) is 19.7. The molecule has 0 amide bonds. The average molecular weight is 524 g/mol. The lowest BCUT2D eigenvalue weighted by Gasteiger charge is -2.13. The first-order chi connectivity index (χ1) is 17.4. The van der Waals surface area contributed by atoms with Gasteiger partial charge >= 0.3 is 0 Å². The topological polar surface area (TPSA) is 57.7 Å². The fourth-order valence-electron chi connectivity index (χ4n) is 3.82. The molecule has 0 aliphatic rings. The number of rotatable bonds is 10. The molecule has 0 spiro atoms. The second-order valence-electron chi connectivity index (χ2n) is 8.10. The smallest absolute Gasteiger partial charge is 0.162 e. The Morgan fingerprint density at radius 3 is 2.42 bits per heavy atom. The number of ether oxygens (including phenoxy) is 3. The number of aromatic nitrogens is 1. The molecule has 0 aliphatic carbocycles. The molecule has 3 aromatic carbocycles. The van der Waals surface area contributed by atoms with E-state index in [0.717, 1.165) is 10.9 Å². The molecule has 4 rings (SSSR count). The zero-order chi connectivity index (χ0) is 25.7. The predicted molar refractivity (Wildman–Crippen MR) is 142 cm³/mol. The summed E-state index contributed by atoms with van der Waals surface area (Å²) >= 11 is 11.9. The minimum absolute atomic E-state index is 0.0108. The molecule has 0 aliphatic heterocycles. The first kappa shape index (κ1) is 25.5. The standard InChI is InChI=1S/C28H23ClFNO4S/c1-33-27-15-21-24(16-28(27)34-2)31-10-9-25(21)35-26-8-7-17(12-22(26)29)11-20(36)14-19(32)13-18-5-3-4-6-23(18)30/h3-10,12,15-16H,11,13-14H2,1-2H3. The number of benzene rings is 3. The van der Waals surface area contributed by atoms with Crippen molar-refractivity contribution in [2.24, 2.45) is 0 Å². The summed E-state index contributed by atoms with van der Waals surface area (Å²) in [5.74, 6) is 1.63. The van der Waals surface area contributed by atoms with E-state index in [2.05, 4.69) is 4.98 Å². The summed E-state index contributed by atoms with van der Waals surface area (Å²) in [5.41, 5.74) is 1.90. The average Bonchev–Trinajstić information content (AvgIpc) is 2.86. The van der Waals surface area contributed by atoms with Crippen LogP contribution in [0.1, 0.15) is 17.5 Å². The molecule has 1 aromatic heterocycles. The van der Waals surface area contributed by atoms with Crippen LogP contribution in [0.25, 0.3) is 10.9 Å². The Kier molecular flexibility index (Phi) is 8.13. The Labute approximate surface area is 218 Å². The first-order valence-corrected chi connectivity index (χ1v) is 11.9. The number of fused-ring (bicyclic) bond motifs is 1. The van der Waals surface area contributed by atoms with Gasteiger partial charge in [0.15, 0.2) is 11.5 Å². The van der Waals surface area contributed by atoms with Crippen molar-refractivity contribution in [3.05, 3.63) is 88.8 Å². The van der Waals surface area contributed by atoms with Gasteiger partial charge in [-0.25, -0.2) is 4.39 Å². The second-order valence-corrected chi connectivity index (χ2v) is 9.08. The van der Waals surface area contributed by atoms with Crippen LogP contribution >= 0.6 is 23.8 Å². The monoisotopic (exact) mass is 523 g/mol. The molecule has 0 saturated heterocycles. The number of ketones is 1. The number of methoxy groups -OCH3 is 2. The normalized spacial score (nSPS) is 10.8.